The molecule has 2 aromatic carbocycles. The van der Waals surface area contributed by atoms with Gasteiger partial charge < -0.3 is 9.47 Å². The summed E-state index contributed by atoms with van der Waals surface area (Å²) in [5.41, 5.74) is 2.31. The van der Waals surface area contributed by atoms with E-state index in [4.69, 9.17) is 9.47 Å². The number of ether oxygens (including phenoxy) is 2. The van der Waals surface area contributed by atoms with E-state index >= 15 is 0 Å². The normalized spacial score (nSPS) is 12.4. The third-order valence-corrected chi connectivity index (χ3v) is 6.61. The van der Waals surface area contributed by atoms with Crippen molar-refractivity contribution in [1.29, 1.82) is 0 Å². The largest absolute Gasteiger partial charge is 0.476 e. The lowest BCUT2D eigenvalue weighted by atomic mass is 10.1. The maximum Gasteiger partial charge on any atom is 0.349 e. The fourth-order valence-electron chi connectivity index (χ4n) is 2.96. The van der Waals surface area contributed by atoms with Crippen LogP contribution in [0.5, 0.6) is 5.75 Å². The van der Waals surface area contributed by atoms with Gasteiger partial charge in [0, 0.05) is 4.90 Å². The fraction of sp³-hybridized carbons (Fsp3) is 0.348. The molecule has 0 amide bonds. The molecule has 1 aromatic heterocycles. The highest BCUT2D eigenvalue weighted by Gasteiger charge is 2.32. The van der Waals surface area contributed by atoms with Crippen LogP contribution in [0.2, 0.25) is 0 Å². The van der Waals surface area contributed by atoms with E-state index in [1.807, 2.05) is 19.1 Å². The minimum absolute atomic E-state index is 0.0551. The monoisotopic (exact) mass is 442 g/mol. The number of carbonyl (C=O) groups is 1. The molecular formula is C23H26N2O3S2. The van der Waals surface area contributed by atoms with E-state index in [1.165, 1.54) is 22.7 Å². The number of aryl methyl sites for hydroxylation is 2. The number of rotatable bonds is 8. The summed E-state index contributed by atoms with van der Waals surface area (Å²) in [5, 5.41) is 1.02. The van der Waals surface area contributed by atoms with Crippen LogP contribution in [0.25, 0.3) is 0 Å². The molecule has 0 saturated heterocycles. The molecule has 30 heavy (non-hydrogen) atoms. The van der Waals surface area contributed by atoms with Gasteiger partial charge in [0.1, 0.15) is 17.1 Å². The standard InChI is InChI=1S/C23H26N2O3S2/c1-6-27-22(26)23(4,5)28-19-11-10-18(13-16(19)3)29-20(21-24-14-25-30-21)17-9-7-8-15(2)12-17/h7-14,20H,6H2,1-5H3. The number of nitrogens with zero attached hydrogens (tertiary/aromatic N) is 2. The number of aromatic nitrogens is 2. The van der Waals surface area contributed by atoms with Gasteiger partial charge in [-0.05, 0) is 75.5 Å². The van der Waals surface area contributed by atoms with Gasteiger partial charge in [-0.1, -0.05) is 29.8 Å². The van der Waals surface area contributed by atoms with Crippen LogP contribution < -0.4 is 4.74 Å². The van der Waals surface area contributed by atoms with Gasteiger partial charge in [-0.2, -0.15) is 4.37 Å². The predicted molar refractivity (Wildman–Crippen MR) is 121 cm³/mol. The van der Waals surface area contributed by atoms with Crippen LogP contribution in [0.15, 0.2) is 53.7 Å². The van der Waals surface area contributed by atoms with Gasteiger partial charge in [-0.3, -0.25) is 0 Å². The molecule has 1 atom stereocenters. The summed E-state index contributed by atoms with van der Waals surface area (Å²) in [7, 11) is 0. The molecule has 3 aromatic rings. The van der Waals surface area contributed by atoms with Crippen molar-refractivity contribution in [3.63, 3.8) is 0 Å². The van der Waals surface area contributed by atoms with Crippen molar-refractivity contribution in [1.82, 2.24) is 9.36 Å². The lowest BCUT2D eigenvalue weighted by Crippen LogP contribution is -2.39. The van der Waals surface area contributed by atoms with Gasteiger partial charge in [0.25, 0.3) is 0 Å². The SMILES string of the molecule is CCOC(=O)C(C)(C)Oc1ccc(SC(c2cccc(C)c2)c2ncns2)cc1C. The number of carbonyl (C=O) groups excluding carboxylic acids is 1. The van der Waals surface area contributed by atoms with Crippen molar-refractivity contribution in [2.45, 2.75) is 50.4 Å². The van der Waals surface area contributed by atoms with Gasteiger partial charge >= 0.3 is 5.97 Å². The summed E-state index contributed by atoms with van der Waals surface area (Å²) >= 11 is 3.14. The van der Waals surface area contributed by atoms with Crippen molar-refractivity contribution in [3.05, 3.63) is 70.5 Å². The fourth-order valence-corrected chi connectivity index (χ4v) is 4.87. The Bertz CT molecular complexity index is 1000. The second kappa shape index (κ2) is 9.62. The molecule has 0 aliphatic rings. The molecule has 0 spiro atoms. The molecule has 0 aliphatic carbocycles. The molecule has 0 radical (unpaired) electrons. The van der Waals surface area contributed by atoms with E-state index in [0.717, 1.165) is 15.5 Å². The van der Waals surface area contributed by atoms with E-state index in [1.54, 1.807) is 38.9 Å². The summed E-state index contributed by atoms with van der Waals surface area (Å²) in [5.74, 6) is 0.291. The average molecular weight is 443 g/mol. The Morgan fingerprint density at radius 3 is 2.63 bits per heavy atom. The molecule has 5 nitrogen and oxygen atoms in total. The third kappa shape index (κ3) is 5.40. The number of benzene rings is 2. The van der Waals surface area contributed by atoms with Crippen LogP contribution in [0.1, 0.15) is 47.7 Å². The molecule has 0 fully saturated rings. The molecule has 0 bridgehead atoms. The van der Waals surface area contributed by atoms with E-state index in [2.05, 4.69) is 46.6 Å². The van der Waals surface area contributed by atoms with Crippen LogP contribution in [-0.4, -0.2) is 27.5 Å². The highest BCUT2D eigenvalue weighted by atomic mass is 32.2. The summed E-state index contributed by atoms with van der Waals surface area (Å²) in [4.78, 5) is 17.7. The second-order valence-corrected chi connectivity index (χ2v) is 9.44. The van der Waals surface area contributed by atoms with Crippen molar-refractivity contribution in [2.75, 3.05) is 6.61 Å². The van der Waals surface area contributed by atoms with Crippen LogP contribution in [0, 0.1) is 13.8 Å². The maximum absolute atomic E-state index is 12.1. The van der Waals surface area contributed by atoms with E-state index in [-0.39, 0.29) is 11.2 Å². The highest BCUT2D eigenvalue weighted by molar-refractivity contribution is 7.99. The van der Waals surface area contributed by atoms with E-state index < -0.39 is 5.60 Å². The minimum Gasteiger partial charge on any atom is -0.476 e. The molecule has 158 valence electrons. The lowest BCUT2D eigenvalue weighted by Gasteiger charge is -2.25. The first kappa shape index (κ1) is 22.3. The summed E-state index contributed by atoms with van der Waals surface area (Å²) < 4.78 is 15.3. The zero-order chi connectivity index (χ0) is 21.7. The lowest BCUT2D eigenvalue weighted by molar-refractivity contribution is -0.158. The smallest absolute Gasteiger partial charge is 0.349 e. The van der Waals surface area contributed by atoms with Crippen LogP contribution in [-0.2, 0) is 9.53 Å². The van der Waals surface area contributed by atoms with Crippen LogP contribution >= 0.6 is 23.3 Å². The zero-order valence-electron chi connectivity index (χ0n) is 17.8. The van der Waals surface area contributed by atoms with Crippen LogP contribution in [0.3, 0.4) is 0 Å². The average Bonchev–Trinajstić information content (AvgIpc) is 3.22. The first-order valence-corrected chi connectivity index (χ1v) is 11.4. The Morgan fingerprint density at radius 2 is 2.00 bits per heavy atom. The van der Waals surface area contributed by atoms with Gasteiger partial charge in [0.2, 0.25) is 0 Å². The molecule has 7 heteroatoms. The summed E-state index contributed by atoms with van der Waals surface area (Å²) in [6.45, 7) is 9.62. The number of hydrogen-bond donors (Lipinski definition) is 0. The summed E-state index contributed by atoms with van der Waals surface area (Å²) in [6.07, 6.45) is 1.60. The van der Waals surface area contributed by atoms with Gasteiger partial charge in [-0.15, -0.1) is 11.8 Å². The third-order valence-electron chi connectivity index (χ3n) is 4.48. The molecule has 0 aliphatic heterocycles. The quantitative estimate of drug-likeness (QED) is 0.327. The minimum atomic E-state index is -1.05. The maximum atomic E-state index is 12.1. The molecule has 0 N–H and O–H groups in total. The molecular weight excluding hydrogens is 416 g/mol. The molecule has 1 unspecified atom stereocenters. The van der Waals surface area contributed by atoms with Crippen molar-refractivity contribution >= 4 is 29.3 Å². The zero-order valence-corrected chi connectivity index (χ0v) is 19.5. The summed E-state index contributed by atoms with van der Waals surface area (Å²) in [6, 6.07) is 14.5. The Balaban J connectivity index is 1.83. The Hall–Kier alpha value is -2.38. The Labute approximate surface area is 186 Å². The first-order valence-electron chi connectivity index (χ1n) is 9.77. The van der Waals surface area contributed by atoms with Gasteiger partial charge in [0.15, 0.2) is 5.60 Å². The van der Waals surface area contributed by atoms with Crippen molar-refractivity contribution in [2.24, 2.45) is 0 Å². The van der Waals surface area contributed by atoms with E-state index in [0.29, 0.717) is 12.4 Å². The first-order chi connectivity index (χ1) is 14.3. The van der Waals surface area contributed by atoms with E-state index in [9.17, 15) is 4.79 Å². The van der Waals surface area contributed by atoms with Gasteiger partial charge in [-0.25, -0.2) is 9.78 Å². The van der Waals surface area contributed by atoms with Crippen molar-refractivity contribution < 1.29 is 14.3 Å². The number of esters is 1. The molecule has 0 saturated carbocycles. The number of thioether (sulfide) groups is 1. The molecule has 3 rings (SSSR count). The van der Waals surface area contributed by atoms with Crippen molar-refractivity contribution in [3.8, 4) is 5.75 Å². The topological polar surface area (TPSA) is 61.3 Å². The predicted octanol–water partition coefficient (Wildman–Crippen LogP) is 5.76. The molecule has 1 heterocycles. The highest BCUT2D eigenvalue weighted by Crippen LogP contribution is 2.42. The van der Waals surface area contributed by atoms with Crippen LogP contribution in [0.4, 0.5) is 0 Å². The number of hydrogen-bond acceptors (Lipinski definition) is 7. The second-order valence-electron chi connectivity index (χ2n) is 7.45. The Kier molecular flexibility index (Phi) is 7.15. The van der Waals surface area contributed by atoms with Gasteiger partial charge in [0.05, 0.1) is 11.9 Å². The Morgan fingerprint density at radius 1 is 1.20 bits per heavy atom.